The van der Waals surface area contributed by atoms with Crippen molar-refractivity contribution in [2.24, 2.45) is 17.8 Å². The summed E-state index contributed by atoms with van der Waals surface area (Å²) in [4.78, 5) is 24.3. The normalized spacial score (nSPS) is 27.6. The SMILES string of the molecule is CC1CC1C(=O)N(CCC(=O)O)CC1CC1. The summed E-state index contributed by atoms with van der Waals surface area (Å²) in [6, 6.07) is 0. The van der Waals surface area contributed by atoms with Crippen molar-refractivity contribution in [2.75, 3.05) is 13.1 Å². The highest BCUT2D eigenvalue weighted by molar-refractivity contribution is 5.82. The van der Waals surface area contributed by atoms with Crippen molar-refractivity contribution in [3.63, 3.8) is 0 Å². The van der Waals surface area contributed by atoms with Crippen molar-refractivity contribution in [2.45, 2.75) is 32.6 Å². The summed E-state index contributed by atoms with van der Waals surface area (Å²) < 4.78 is 0. The fraction of sp³-hybridized carbons (Fsp3) is 0.833. The number of rotatable bonds is 6. The van der Waals surface area contributed by atoms with Gasteiger partial charge in [0.15, 0.2) is 0 Å². The van der Waals surface area contributed by atoms with Gasteiger partial charge in [-0.05, 0) is 31.1 Å². The van der Waals surface area contributed by atoms with Gasteiger partial charge in [-0.15, -0.1) is 0 Å². The zero-order valence-electron chi connectivity index (χ0n) is 9.69. The second-order valence-electron chi connectivity index (χ2n) is 5.19. The van der Waals surface area contributed by atoms with Crippen molar-refractivity contribution in [1.29, 1.82) is 0 Å². The summed E-state index contributed by atoms with van der Waals surface area (Å²) in [5.74, 6) is 0.663. The van der Waals surface area contributed by atoms with Gasteiger partial charge in [-0.25, -0.2) is 0 Å². The number of carboxylic acids is 1. The summed E-state index contributed by atoms with van der Waals surface area (Å²) in [6.07, 6.45) is 3.43. The Morgan fingerprint density at radius 2 is 2.00 bits per heavy atom. The zero-order chi connectivity index (χ0) is 11.7. The monoisotopic (exact) mass is 225 g/mol. The van der Waals surface area contributed by atoms with Crippen molar-refractivity contribution in [3.05, 3.63) is 0 Å². The van der Waals surface area contributed by atoms with Crippen LogP contribution in [-0.2, 0) is 9.59 Å². The average molecular weight is 225 g/mol. The van der Waals surface area contributed by atoms with Crippen LogP contribution in [0.2, 0.25) is 0 Å². The molecule has 2 atom stereocenters. The molecule has 0 spiro atoms. The number of carbonyl (C=O) groups excluding carboxylic acids is 1. The Bertz CT molecular complexity index is 299. The van der Waals surface area contributed by atoms with Gasteiger partial charge < -0.3 is 10.0 Å². The maximum Gasteiger partial charge on any atom is 0.305 e. The summed E-state index contributed by atoms with van der Waals surface area (Å²) in [7, 11) is 0. The lowest BCUT2D eigenvalue weighted by molar-refractivity contribution is -0.139. The highest BCUT2D eigenvalue weighted by Crippen LogP contribution is 2.40. The van der Waals surface area contributed by atoms with E-state index in [-0.39, 0.29) is 18.2 Å². The maximum absolute atomic E-state index is 12.0. The van der Waals surface area contributed by atoms with Gasteiger partial charge in [-0.1, -0.05) is 6.92 Å². The van der Waals surface area contributed by atoms with Crippen LogP contribution in [0.1, 0.15) is 32.6 Å². The fourth-order valence-corrected chi connectivity index (χ4v) is 2.03. The van der Waals surface area contributed by atoms with Crippen LogP contribution in [0.15, 0.2) is 0 Å². The van der Waals surface area contributed by atoms with Crippen LogP contribution >= 0.6 is 0 Å². The molecule has 0 aromatic carbocycles. The van der Waals surface area contributed by atoms with Crippen LogP contribution in [0, 0.1) is 17.8 Å². The summed E-state index contributed by atoms with van der Waals surface area (Å²) in [5, 5.41) is 8.66. The van der Waals surface area contributed by atoms with E-state index in [0.29, 0.717) is 18.4 Å². The van der Waals surface area contributed by atoms with Crippen LogP contribution in [-0.4, -0.2) is 35.0 Å². The molecule has 2 saturated carbocycles. The van der Waals surface area contributed by atoms with Gasteiger partial charge in [-0.2, -0.15) is 0 Å². The molecule has 0 aliphatic heterocycles. The molecule has 0 heterocycles. The summed E-state index contributed by atoms with van der Waals surface area (Å²) in [6.45, 7) is 3.23. The molecule has 2 aliphatic rings. The highest BCUT2D eigenvalue weighted by Gasteiger charge is 2.42. The lowest BCUT2D eigenvalue weighted by Crippen LogP contribution is -2.36. The Morgan fingerprint density at radius 3 is 2.44 bits per heavy atom. The first-order chi connectivity index (χ1) is 7.58. The number of aliphatic carboxylic acids is 1. The van der Waals surface area contributed by atoms with Crippen LogP contribution in [0.4, 0.5) is 0 Å². The topological polar surface area (TPSA) is 57.6 Å². The van der Waals surface area contributed by atoms with E-state index in [4.69, 9.17) is 5.11 Å². The van der Waals surface area contributed by atoms with E-state index in [1.165, 1.54) is 12.8 Å². The number of hydrogen-bond acceptors (Lipinski definition) is 2. The Morgan fingerprint density at radius 1 is 1.38 bits per heavy atom. The third kappa shape index (κ3) is 2.97. The Hall–Kier alpha value is -1.06. The first-order valence-corrected chi connectivity index (χ1v) is 6.08. The molecule has 90 valence electrons. The molecule has 2 rings (SSSR count). The molecule has 2 aliphatic carbocycles. The quantitative estimate of drug-likeness (QED) is 0.742. The Labute approximate surface area is 95.6 Å². The van der Waals surface area contributed by atoms with Crippen molar-refractivity contribution >= 4 is 11.9 Å². The number of nitrogens with zero attached hydrogens (tertiary/aromatic N) is 1. The Kier molecular flexibility index (Phi) is 3.17. The van der Waals surface area contributed by atoms with Crippen molar-refractivity contribution < 1.29 is 14.7 Å². The molecule has 0 bridgehead atoms. The minimum atomic E-state index is -0.822. The second-order valence-corrected chi connectivity index (χ2v) is 5.19. The van der Waals surface area contributed by atoms with Gasteiger partial charge in [0.25, 0.3) is 0 Å². The standard InChI is InChI=1S/C12H19NO3/c1-8-6-10(8)12(16)13(5-4-11(14)15)7-9-2-3-9/h8-10H,2-7H2,1H3,(H,14,15). The van der Waals surface area contributed by atoms with E-state index in [9.17, 15) is 9.59 Å². The molecule has 1 amide bonds. The van der Waals surface area contributed by atoms with Gasteiger partial charge in [0.1, 0.15) is 0 Å². The van der Waals surface area contributed by atoms with Gasteiger partial charge >= 0.3 is 5.97 Å². The zero-order valence-corrected chi connectivity index (χ0v) is 9.69. The third-order valence-electron chi connectivity index (χ3n) is 3.51. The number of hydrogen-bond donors (Lipinski definition) is 1. The van der Waals surface area contributed by atoms with Crippen LogP contribution in [0.3, 0.4) is 0 Å². The van der Waals surface area contributed by atoms with Crippen molar-refractivity contribution in [1.82, 2.24) is 4.90 Å². The number of carbonyl (C=O) groups is 2. The predicted octanol–water partition coefficient (Wildman–Crippen LogP) is 1.36. The molecule has 2 fully saturated rings. The molecule has 2 unspecified atom stereocenters. The first-order valence-electron chi connectivity index (χ1n) is 6.08. The van der Waals surface area contributed by atoms with Crippen LogP contribution < -0.4 is 0 Å². The molecule has 0 saturated heterocycles. The molecule has 4 nitrogen and oxygen atoms in total. The van der Waals surface area contributed by atoms with Gasteiger partial charge in [-0.3, -0.25) is 9.59 Å². The van der Waals surface area contributed by atoms with Gasteiger partial charge in [0, 0.05) is 19.0 Å². The highest BCUT2D eigenvalue weighted by atomic mass is 16.4. The largest absolute Gasteiger partial charge is 0.481 e. The minimum Gasteiger partial charge on any atom is -0.481 e. The number of amides is 1. The van der Waals surface area contributed by atoms with Crippen LogP contribution in [0.25, 0.3) is 0 Å². The van der Waals surface area contributed by atoms with Gasteiger partial charge in [0.05, 0.1) is 6.42 Å². The first kappa shape index (κ1) is 11.4. The summed E-state index contributed by atoms with van der Waals surface area (Å²) in [5.41, 5.74) is 0. The molecule has 0 aromatic heterocycles. The average Bonchev–Trinajstić information content (AvgIpc) is 3.09. The lowest BCUT2D eigenvalue weighted by Gasteiger charge is -2.22. The molecule has 0 radical (unpaired) electrons. The molecule has 4 heteroatoms. The van der Waals surface area contributed by atoms with E-state index >= 15 is 0 Å². The van der Waals surface area contributed by atoms with E-state index in [0.717, 1.165) is 13.0 Å². The van der Waals surface area contributed by atoms with E-state index < -0.39 is 5.97 Å². The van der Waals surface area contributed by atoms with E-state index in [1.54, 1.807) is 4.90 Å². The predicted molar refractivity (Wildman–Crippen MR) is 58.8 cm³/mol. The van der Waals surface area contributed by atoms with E-state index in [1.807, 2.05) is 0 Å². The molecular weight excluding hydrogens is 206 g/mol. The molecule has 0 aromatic rings. The van der Waals surface area contributed by atoms with Crippen LogP contribution in [0.5, 0.6) is 0 Å². The Balaban J connectivity index is 1.84. The molecular formula is C12H19NO3. The second kappa shape index (κ2) is 4.44. The van der Waals surface area contributed by atoms with E-state index in [2.05, 4.69) is 6.92 Å². The van der Waals surface area contributed by atoms with Gasteiger partial charge in [0.2, 0.25) is 5.91 Å². The summed E-state index contributed by atoms with van der Waals surface area (Å²) >= 11 is 0. The molecule has 16 heavy (non-hydrogen) atoms. The minimum absolute atomic E-state index is 0.0690. The molecule has 1 N–H and O–H groups in total. The van der Waals surface area contributed by atoms with Crippen molar-refractivity contribution in [3.8, 4) is 0 Å². The smallest absolute Gasteiger partial charge is 0.305 e. The maximum atomic E-state index is 12.0. The fourth-order valence-electron chi connectivity index (χ4n) is 2.03. The number of carboxylic acid groups (broad SMARTS) is 1. The third-order valence-corrected chi connectivity index (χ3v) is 3.51. The lowest BCUT2D eigenvalue weighted by atomic mass is 10.2.